The van der Waals surface area contributed by atoms with E-state index in [0.717, 1.165) is 11.1 Å². The number of nitro benzene ring substituents is 1. The van der Waals surface area contributed by atoms with E-state index in [2.05, 4.69) is 4.99 Å². The third kappa shape index (κ3) is 4.04. The lowest BCUT2D eigenvalue weighted by atomic mass is 10.1. The van der Waals surface area contributed by atoms with E-state index in [4.69, 9.17) is 16.3 Å². The van der Waals surface area contributed by atoms with Gasteiger partial charge in [-0.05, 0) is 29.8 Å². The second-order valence-electron chi connectivity index (χ2n) is 6.64. The predicted molar refractivity (Wildman–Crippen MR) is 120 cm³/mol. The van der Waals surface area contributed by atoms with E-state index in [-0.39, 0.29) is 23.0 Å². The fourth-order valence-electron chi connectivity index (χ4n) is 3.20. The molecule has 0 aliphatic carbocycles. The standard InChI is InChI=1S/C23H16ClN3O4/c1-31-21-14-18(27(29)30)11-12-20(21)26-22(16-5-3-2-4-6-16)25-19(23(26)28)13-15-7-9-17(24)10-8-15/h2-14H,1H3/b19-13-. The minimum Gasteiger partial charge on any atom is -0.494 e. The van der Waals surface area contributed by atoms with Crippen molar-refractivity contribution >= 4 is 40.8 Å². The topological polar surface area (TPSA) is 85.0 Å². The lowest BCUT2D eigenvalue weighted by Gasteiger charge is -2.20. The van der Waals surface area contributed by atoms with E-state index in [1.54, 1.807) is 30.3 Å². The van der Waals surface area contributed by atoms with Crippen molar-refractivity contribution in [2.24, 2.45) is 4.99 Å². The zero-order valence-corrected chi connectivity index (χ0v) is 17.1. The molecule has 0 N–H and O–H groups in total. The Morgan fingerprint density at radius 2 is 1.77 bits per heavy atom. The van der Waals surface area contributed by atoms with Crippen LogP contribution in [0.25, 0.3) is 6.08 Å². The first-order valence-electron chi connectivity index (χ1n) is 9.26. The normalized spacial score (nSPS) is 14.6. The number of nitrogens with zero attached hydrogens (tertiary/aromatic N) is 3. The van der Waals surface area contributed by atoms with Crippen LogP contribution in [-0.4, -0.2) is 23.8 Å². The summed E-state index contributed by atoms with van der Waals surface area (Å²) in [7, 11) is 1.40. The Bertz CT molecular complexity index is 1220. The molecule has 0 unspecified atom stereocenters. The van der Waals surface area contributed by atoms with Gasteiger partial charge in [-0.2, -0.15) is 0 Å². The summed E-state index contributed by atoms with van der Waals surface area (Å²) in [4.78, 5) is 30.0. The number of aliphatic imine (C=N–C) groups is 1. The van der Waals surface area contributed by atoms with Gasteiger partial charge >= 0.3 is 0 Å². The molecule has 0 bridgehead atoms. The van der Waals surface area contributed by atoms with E-state index in [1.165, 1.54) is 30.2 Å². The third-order valence-corrected chi connectivity index (χ3v) is 4.93. The molecule has 1 aliphatic rings. The van der Waals surface area contributed by atoms with Crippen LogP contribution in [0.3, 0.4) is 0 Å². The van der Waals surface area contributed by atoms with Crippen molar-refractivity contribution < 1.29 is 14.5 Å². The van der Waals surface area contributed by atoms with Gasteiger partial charge in [-0.25, -0.2) is 4.99 Å². The van der Waals surface area contributed by atoms with Crippen molar-refractivity contribution in [3.63, 3.8) is 0 Å². The monoisotopic (exact) mass is 433 g/mol. The van der Waals surface area contributed by atoms with Gasteiger partial charge in [-0.1, -0.05) is 54.1 Å². The summed E-state index contributed by atoms with van der Waals surface area (Å²) in [6.45, 7) is 0. The molecule has 0 aromatic heterocycles. The van der Waals surface area contributed by atoms with Gasteiger partial charge in [0, 0.05) is 16.7 Å². The number of methoxy groups -OCH3 is 1. The molecule has 3 aromatic carbocycles. The Morgan fingerprint density at radius 3 is 2.42 bits per heavy atom. The highest BCUT2D eigenvalue weighted by atomic mass is 35.5. The van der Waals surface area contributed by atoms with Gasteiger partial charge in [0.25, 0.3) is 11.6 Å². The number of carbonyl (C=O) groups excluding carboxylic acids is 1. The maximum atomic E-state index is 13.4. The molecule has 0 radical (unpaired) electrons. The molecule has 4 rings (SSSR count). The largest absolute Gasteiger partial charge is 0.494 e. The third-order valence-electron chi connectivity index (χ3n) is 4.68. The lowest BCUT2D eigenvalue weighted by molar-refractivity contribution is -0.384. The summed E-state index contributed by atoms with van der Waals surface area (Å²) in [5.41, 5.74) is 1.93. The summed E-state index contributed by atoms with van der Waals surface area (Å²) in [5, 5.41) is 11.7. The molecule has 0 atom stereocenters. The summed E-state index contributed by atoms with van der Waals surface area (Å²) >= 11 is 5.95. The Balaban J connectivity index is 1.85. The molecular formula is C23H16ClN3O4. The number of halogens is 1. The number of amides is 1. The zero-order valence-electron chi connectivity index (χ0n) is 16.4. The van der Waals surface area contributed by atoms with Crippen LogP contribution in [0, 0.1) is 10.1 Å². The van der Waals surface area contributed by atoms with Crippen molar-refractivity contribution in [3.8, 4) is 5.75 Å². The van der Waals surface area contributed by atoms with Gasteiger partial charge in [0.05, 0.1) is 23.8 Å². The number of hydrogen-bond donors (Lipinski definition) is 0. The van der Waals surface area contributed by atoms with Gasteiger partial charge in [-0.3, -0.25) is 19.8 Å². The molecular weight excluding hydrogens is 418 g/mol. The minimum absolute atomic E-state index is 0.137. The van der Waals surface area contributed by atoms with Crippen molar-refractivity contribution in [2.45, 2.75) is 0 Å². The molecule has 0 saturated heterocycles. The highest BCUT2D eigenvalue weighted by Gasteiger charge is 2.34. The summed E-state index contributed by atoms with van der Waals surface area (Å²) < 4.78 is 5.36. The average molecular weight is 434 g/mol. The lowest BCUT2D eigenvalue weighted by Crippen LogP contribution is -2.33. The van der Waals surface area contributed by atoms with Gasteiger partial charge in [0.2, 0.25) is 0 Å². The molecule has 3 aromatic rings. The average Bonchev–Trinajstić information content (AvgIpc) is 3.11. The number of benzene rings is 3. The Kier molecular flexibility index (Phi) is 5.51. The molecule has 154 valence electrons. The Hall–Kier alpha value is -3.97. The molecule has 8 heteroatoms. The number of amidine groups is 1. The number of anilines is 1. The highest BCUT2D eigenvalue weighted by molar-refractivity contribution is 6.33. The number of ether oxygens (including phenoxy) is 1. The first-order valence-corrected chi connectivity index (χ1v) is 9.64. The van der Waals surface area contributed by atoms with Crippen LogP contribution in [0.4, 0.5) is 11.4 Å². The molecule has 0 saturated carbocycles. The van der Waals surface area contributed by atoms with Gasteiger partial charge in [0.15, 0.2) is 0 Å². The molecule has 0 spiro atoms. The van der Waals surface area contributed by atoms with Crippen LogP contribution in [0.2, 0.25) is 5.02 Å². The van der Waals surface area contributed by atoms with Crippen LogP contribution in [0.5, 0.6) is 5.75 Å². The summed E-state index contributed by atoms with van der Waals surface area (Å²) in [6.07, 6.45) is 1.67. The molecule has 1 amide bonds. The smallest absolute Gasteiger partial charge is 0.282 e. The maximum Gasteiger partial charge on any atom is 0.282 e. The fourth-order valence-corrected chi connectivity index (χ4v) is 3.33. The van der Waals surface area contributed by atoms with Gasteiger partial charge < -0.3 is 4.74 Å². The van der Waals surface area contributed by atoms with Crippen molar-refractivity contribution in [1.82, 2.24) is 0 Å². The molecule has 1 aliphatic heterocycles. The number of hydrogen-bond acceptors (Lipinski definition) is 5. The van der Waals surface area contributed by atoms with Crippen molar-refractivity contribution in [2.75, 3.05) is 12.0 Å². The minimum atomic E-state index is -0.518. The zero-order chi connectivity index (χ0) is 22.0. The quantitative estimate of drug-likeness (QED) is 0.318. The Labute approximate surface area is 183 Å². The van der Waals surface area contributed by atoms with E-state index >= 15 is 0 Å². The van der Waals surface area contributed by atoms with E-state index < -0.39 is 4.92 Å². The highest BCUT2D eigenvalue weighted by Crippen LogP contribution is 2.36. The van der Waals surface area contributed by atoms with E-state index in [1.807, 2.05) is 30.3 Å². The molecule has 0 fully saturated rings. The first kappa shape index (κ1) is 20.3. The van der Waals surface area contributed by atoms with Crippen LogP contribution < -0.4 is 9.64 Å². The fraction of sp³-hybridized carbons (Fsp3) is 0.0435. The van der Waals surface area contributed by atoms with Crippen molar-refractivity contribution in [3.05, 3.63) is 105 Å². The molecule has 31 heavy (non-hydrogen) atoms. The summed E-state index contributed by atoms with van der Waals surface area (Å²) in [6, 6.07) is 20.3. The van der Waals surface area contributed by atoms with E-state index in [0.29, 0.717) is 16.5 Å². The number of nitro groups is 1. The Morgan fingerprint density at radius 1 is 1.06 bits per heavy atom. The first-order chi connectivity index (χ1) is 15.0. The van der Waals surface area contributed by atoms with Crippen LogP contribution >= 0.6 is 11.6 Å². The molecule has 7 nitrogen and oxygen atoms in total. The maximum absolute atomic E-state index is 13.4. The van der Waals surface area contributed by atoms with E-state index in [9.17, 15) is 14.9 Å². The second kappa shape index (κ2) is 8.41. The second-order valence-corrected chi connectivity index (χ2v) is 7.07. The predicted octanol–water partition coefficient (Wildman–Crippen LogP) is 5.09. The van der Waals surface area contributed by atoms with Crippen LogP contribution in [-0.2, 0) is 4.79 Å². The SMILES string of the molecule is COc1cc([N+](=O)[O-])ccc1N1C(=O)/C(=C/c2ccc(Cl)cc2)N=C1c1ccccc1. The molecule has 1 heterocycles. The number of non-ortho nitro benzene ring substituents is 1. The number of carbonyl (C=O) groups is 1. The van der Waals surface area contributed by atoms with Gasteiger partial charge in [-0.15, -0.1) is 0 Å². The number of rotatable bonds is 5. The summed E-state index contributed by atoms with van der Waals surface area (Å²) in [5.74, 6) is 0.220. The van der Waals surface area contributed by atoms with Crippen LogP contribution in [0.1, 0.15) is 11.1 Å². The van der Waals surface area contributed by atoms with Crippen molar-refractivity contribution in [1.29, 1.82) is 0 Å². The van der Waals surface area contributed by atoms with Gasteiger partial charge in [0.1, 0.15) is 17.3 Å². The van der Waals surface area contributed by atoms with Crippen LogP contribution in [0.15, 0.2) is 83.5 Å².